The summed E-state index contributed by atoms with van der Waals surface area (Å²) in [4.78, 5) is 15.7. The Morgan fingerprint density at radius 3 is 3.00 bits per heavy atom. The van der Waals surface area contributed by atoms with Crippen LogP contribution < -0.4 is 10.2 Å². The third-order valence-corrected chi connectivity index (χ3v) is 6.54. The van der Waals surface area contributed by atoms with E-state index in [0.717, 1.165) is 18.4 Å². The van der Waals surface area contributed by atoms with Gasteiger partial charge in [0.2, 0.25) is 0 Å². The van der Waals surface area contributed by atoms with E-state index in [4.69, 9.17) is 4.74 Å². The molecule has 138 valence electrons. The lowest BCUT2D eigenvalue weighted by Gasteiger charge is -2.36. The maximum absolute atomic E-state index is 14.5. The van der Waals surface area contributed by atoms with E-state index in [2.05, 4.69) is 15.5 Å². The standard InChI is InChI=1S/C17H18F2N4O2S/c18-17(19)4-10-13-15(26-14(10)9-5-20-21-6-9)16(24)22-11(7-23(13)8-17)12-2-1-3-25-12/h5-6,11-12H,1-4,7-8H2,(H,20,21)(H,22,24)/t11-,12-/m1/s1. The molecule has 1 fully saturated rings. The number of hydrogen-bond acceptors (Lipinski definition) is 5. The largest absolute Gasteiger partial charge is 0.376 e. The van der Waals surface area contributed by atoms with Gasteiger partial charge in [0, 0.05) is 41.8 Å². The van der Waals surface area contributed by atoms with Gasteiger partial charge in [0.1, 0.15) is 4.88 Å². The first kappa shape index (κ1) is 16.2. The Balaban J connectivity index is 1.61. The molecule has 3 aliphatic rings. The number of aromatic amines is 1. The number of anilines is 1. The van der Waals surface area contributed by atoms with Crippen molar-refractivity contribution >= 4 is 22.9 Å². The van der Waals surface area contributed by atoms with Crippen LogP contribution in [-0.2, 0) is 11.2 Å². The molecule has 2 aromatic heterocycles. The number of carbonyl (C=O) groups excluding carboxylic acids is 1. The third kappa shape index (κ3) is 2.52. The maximum Gasteiger partial charge on any atom is 0.269 e. The van der Waals surface area contributed by atoms with E-state index in [-0.39, 0.29) is 31.0 Å². The molecule has 0 aromatic carbocycles. The first-order chi connectivity index (χ1) is 12.5. The zero-order valence-electron chi connectivity index (χ0n) is 13.9. The van der Waals surface area contributed by atoms with Crippen molar-refractivity contribution in [2.75, 3.05) is 24.6 Å². The van der Waals surface area contributed by atoms with Crippen LogP contribution in [0, 0.1) is 0 Å². The molecule has 2 aromatic rings. The van der Waals surface area contributed by atoms with Crippen LogP contribution in [0.5, 0.6) is 0 Å². The monoisotopic (exact) mass is 380 g/mol. The van der Waals surface area contributed by atoms with Gasteiger partial charge < -0.3 is 15.0 Å². The van der Waals surface area contributed by atoms with E-state index >= 15 is 0 Å². The van der Waals surface area contributed by atoms with E-state index in [9.17, 15) is 13.6 Å². The van der Waals surface area contributed by atoms with Crippen molar-refractivity contribution < 1.29 is 18.3 Å². The Morgan fingerprint density at radius 2 is 2.27 bits per heavy atom. The average molecular weight is 380 g/mol. The SMILES string of the molecule is O=C1N[C@@H]([C@H]2CCCO2)CN2CC(F)(F)Cc3c(-c4cn[nH]c4)sc1c32. The van der Waals surface area contributed by atoms with Crippen molar-refractivity contribution in [3.8, 4) is 10.4 Å². The third-order valence-electron chi connectivity index (χ3n) is 5.27. The number of halogens is 2. The van der Waals surface area contributed by atoms with Crippen molar-refractivity contribution in [1.29, 1.82) is 0 Å². The molecule has 5 rings (SSSR count). The van der Waals surface area contributed by atoms with Gasteiger partial charge in [0.25, 0.3) is 11.8 Å². The van der Waals surface area contributed by atoms with Crippen molar-refractivity contribution in [3.63, 3.8) is 0 Å². The minimum Gasteiger partial charge on any atom is -0.376 e. The Kier molecular flexibility index (Phi) is 3.58. The van der Waals surface area contributed by atoms with Gasteiger partial charge in [-0.3, -0.25) is 9.89 Å². The number of nitrogens with zero attached hydrogens (tertiary/aromatic N) is 2. The second kappa shape index (κ2) is 5.75. The van der Waals surface area contributed by atoms with Gasteiger partial charge >= 0.3 is 0 Å². The number of ether oxygens (including phenoxy) is 1. The van der Waals surface area contributed by atoms with Crippen molar-refractivity contribution in [3.05, 3.63) is 22.8 Å². The Bertz CT molecular complexity index is 845. The molecule has 2 atom stereocenters. The van der Waals surface area contributed by atoms with Gasteiger partial charge in [-0.05, 0) is 12.8 Å². The van der Waals surface area contributed by atoms with E-state index in [1.807, 2.05) is 0 Å². The molecule has 0 saturated carbocycles. The zero-order chi connectivity index (χ0) is 17.9. The summed E-state index contributed by atoms with van der Waals surface area (Å²) >= 11 is 1.27. The Hall–Kier alpha value is -2.00. The molecule has 2 N–H and O–H groups in total. The van der Waals surface area contributed by atoms with E-state index in [0.29, 0.717) is 34.2 Å². The van der Waals surface area contributed by atoms with E-state index < -0.39 is 5.92 Å². The van der Waals surface area contributed by atoms with Gasteiger partial charge in [0.15, 0.2) is 0 Å². The topological polar surface area (TPSA) is 70.2 Å². The highest BCUT2D eigenvalue weighted by Gasteiger charge is 2.46. The summed E-state index contributed by atoms with van der Waals surface area (Å²) in [5.41, 5.74) is 1.94. The van der Waals surface area contributed by atoms with Crippen LogP contribution in [-0.4, -0.2) is 53.9 Å². The van der Waals surface area contributed by atoms with E-state index in [1.54, 1.807) is 17.3 Å². The lowest BCUT2D eigenvalue weighted by atomic mass is 9.97. The molecule has 5 heterocycles. The molecule has 9 heteroatoms. The fraction of sp³-hybridized carbons (Fsp3) is 0.529. The molecular formula is C17H18F2N4O2S. The van der Waals surface area contributed by atoms with Crippen LogP contribution in [0.25, 0.3) is 10.4 Å². The summed E-state index contributed by atoms with van der Waals surface area (Å²) in [5.74, 6) is -3.03. The van der Waals surface area contributed by atoms with Crippen molar-refractivity contribution in [2.24, 2.45) is 0 Å². The molecule has 6 nitrogen and oxygen atoms in total. The summed E-state index contributed by atoms with van der Waals surface area (Å²) in [5, 5.41) is 9.65. The molecule has 0 bridgehead atoms. The summed E-state index contributed by atoms with van der Waals surface area (Å²) in [6, 6.07) is -0.274. The second-order valence-corrected chi connectivity index (χ2v) is 8.14. The molecule has 26 heavy (non-hydrogen) atoms. The molecule has 0 spiro atoms. The first-order valence-electron chi connectivity index (χ1n) is 8.72. The van der Waals surface area contributed by atoms with Gasteiger partial charge in [-0.25, -0.2) is 8.78 Å². The minimum atomic E-state index is -2.84. The predicted molar refractivity (Wildman–Crippen MR) is 93.0 cm³/mol. The number of thiophene rings is 1. The van der Waals surface area contributed by atoms with Crippen molar-refractivity contribution in [2.45, 2.75) is 37.3 Å². The highest BCUT2D eigenvalue weighted by atomic mass is 32.1. The predicted octanol–water partition coefficient (Wildman–Crippen LogP) is 2.43. The number of aromatic nitrogens is 2. The Labute approximate surface area is 152 Å². The number of nitrogens with one attached hydrogen (secondary N) is 2. The highest BCUT2D eigenvalue weighted by molar-refractivity contribution is 7.18. The van der Waals surface area contributed by atoms with Gasteiger partial charge in [-0.15, -0.1) is 11.3 Å². The summed E-state index contributed by atoms with van der Waals surface area (Å²) < 4.78 is 34.7. The lowest BCUT2D eigenvalue weighted by molar-refractivity contribution is 0.00412. The highest BCUT2D eigenvalue weighted by Crippen LogP contribution is 2.48. The van der Waals surface area contributed by atoms with Crippen LogP contribution in [0.15, 0.2) is 12.4 Å². The lowest BCUT2D eigenvalue weighted by Crippen LogP contribution is -2.51. The average Bonchev–Trinajstić information content (AvgIpc) is 3.31. The smallest absolute Gasteiger partial charge is 0.269 e. The van der Waals surface area contributed by atoms with Crippen LogP contribution in [0.3, 0.4) is 0 Å². The first-order valence-corrected chi connectivity index (χ1v) is 9.53. The maximum atomic E-state index is 14.5. The van der Waals surface area contributed by atoms with Crippen LogP contribution in [0.2, 0.25) is 0 Å². The van der Waals surface area contributed by atoms with Gasteiger partial charge in [-0.1, -0.05) is 0 Å². The van der Waals surface area contributed by atoms with Gasteiger partial charge in [-0.2, -0.15) is 5.10 Å². The van der Waals surface area contributed by atoms with Crippen LogP contribution in [0.4, 0.5) is 14.5 Å². The van der Waals surface area contributed by atoms with E-state index in [1.165, 1.54) is 11.3 Å². The summed E-state index contributed by atoms with van der Waals surface area (Å²) in [6.45, 7) is 0.630. The van der Waals surface area contributed by atoms with Crippen LogP contribution >= 0.6 is 11.3 Å². The Morgan fingerprint density at radius 1 is 1.38 bits per heavy atom. The molecule has 0 aliphatic carbocycles. The van der Waals surface area contributed by atoms with Crippen molar-refractivity contribution in [1.82, 2.24) is 15.5 Å². The minimum absolute atomic E-state index is 0.111. The molecule has 3 aliphatic heterocycles. The zero-order valence-corrected chi connectivity index (χ0v) is 14.7. The van der Waals surface area contributed by atoms with Gasteiger partial charge in [0.05, 0.1) is 30.6 Å². The normalized spacial score (nSPS) is 27.2. The number of amides is 1. The number of alkyl halides is 2. The second-order valence-electron chi connectivity index (χ2n) is 7.12. The van der Waals surface area contributed by atoms with Crippen LogP contribution in [0.1, 0.15) is 28.1 Å². The molecule has 0 unspecified atom stereocenters. The quantitative estimate of drug-likeness (QED) is 0.840. The molecule has 1 saturated heterocycles. The fourth-order valence-corrected chi connectivity index (χ4v) is 5.42. The number of H-pyrrole nitrogens is 1. The summed E-state index contributed by atoms with van der Waals surface area (Å²) in [7, 11) is 0. The number of rotatable bonds is 2. The fourth-order valence-electron chi connectivity index (χ4n) is 4.19. The molecule has 0 radical (unpaired) electrons. The molecule has 1 amide bonds. The number of carbonyl (C=O) groups is 1. The number of hydrogen-bond donors (Lipinski definition) is 2. The summed E-state index contributed by atoms with van der Waals surface area (Å²) in [6.07, 6.45) is 4.59. The molecular weight excluding hydrogens is 362 g/mol.